The Balaban J connectivity index is 1.47. The number of carbonyl (C=O) groups excluding carboxylic acids is 3. The van der Waals surface area contributed by atoms with Gasteiger partial charge in [0.05, 0.1) is 0 Å². The molecule has 1 aliphatic rings. The highest BCUT2D eigenvalue weighted by Gasteiger charge is 2.15. The predicted molar refractivity (Wildman–Crippen MR) is 100 cm³/mol. The average molecular weight is 366 g/mol. The minimum Gasteiger partial charge on any atom is -0.482 e. The van der Waals surface area contributed by atoms with Gasteiger partial charge in [-0.2, -0.15) is 0 Å². The molecule has 0 unspecified atom stereocenters. The molecule has 1 aliphatic carbocycles. The molecule has 27 heavy (non-hydrogen) atoms. The van der Waals surface area contributed by atoms with Crippen LogP contribution >= 0.6 is 0 Å². The SMILES string of the molecule is CC(=O)c1ccc(OCC(=O)OCC(=O)c2ccc3c(c2)CCCC3)cc1. The Morgan fingerprint density at radius 1 is 0.852 bits per heavy atom. The van der Waals surface area contributed by atoms with Gasteiger partial charge in [-0.25, -0.2) is 4.79 Å². The lowest BCUT2D eigenvalue weighted by molar-refractivity contribution is -0.144. The van der Waals surface area contributed by atoms with Crippen LogP contribution < -0.4 is 4.74 Å². The van der Waals surface area contributed by atoms with Gasteiger partial charge in [-0.1, -0.05) is 12.1 Å². The molecule has 0 radical (unpaired) electrons. The van der Waals surface area contributed by atoms with Gasteiger partial charge in [0.1, 0.15) is 5.75 Å². The van der Waals surface area contributed by atoms with Crippen molar-refractivity contribution in [2.24, 2.45) is 0 Å². The molecule has 0 aromatic heterocycles. The van der Waals surface area contributed by atoms with Gasteiger partial charge < -0.3 is 9.47 Å². The molecule has 0 saturated heterocycles. The molecule has 0 fully saturated rings. The van der Waals surface area contributed by atoms with Crippen molar-refractivity contribution < 1.29 is 23.9 Å². The molecular formula is C22H22O5. The standard InChI is InChI=1S/C22H22O5/c1-15(23)16-8-10-20(11-9-16)26-14-22(25)27-13-21(24)19-7-6-17-4-2-3-5-18(17)12-19/h6-12H,2-5,13-14H2,1H3. The highest BCUT2D eigenvalue weighted by Crippen LogP contribution is 2.22. The molecule has 3 rings (SSSR count). The Morgan fingerprint density at radius 3 is 2.22 bits per heavy atom. The Labute approximate surface area is 158 Å². The van der Waals surface area contributed by atoms with Gasteiger partial charge in [0.15, 0.2) is 24.8 Å². The Morgan fingerprint density at radius 2 is 1.52 bits per heavy atom. The molecule has 2 aromatic carbocycles. The zero-order valence-corrected chi connectivity index (χ0v) is 15.3. The molecule has 0 spiro atoms. The lowest BCUT2D eigenvalue weighted by Crippen LogP contribution is -2.19. The molecule has 0 saturated carbocycles. The van der Waals surface area contributed by atoms with E-state index in [1.807, 2.05) is 12.1 Å². The lowest BCUT2D eigenvalue weighted by Gasteiger charge is -2.16. The summed E-state index contributed by atoms with van der Waals surface area (Å²) in [6.45, 7) is 0.883. The average Bonchev–Trinajstić information content (AvgIpc) is 2.70. The fourth-order valence-corrected chi connectivity index (χ4v) is 3.11. The molecule has 0 amide bonds. The third-order valence-electron chi connectivity index (χ3n) is 4.65. The molecule has 140 valence electrons. The molecule has 0 aliphatic heterocycles. The number of Topliss-reactive ketones (excluding diaryl/α,β-unsaturated/α-hetero) is 2. The van der Waals surface area contributed by atoms with Crippen molar-refractivity contribution >= 4 is 17.5 Å². The lowest BCUT2D eigenvalue weighted by atomic mass is 9.90. The van der Waals surface area contributed by atoms with Gasteiger partial charge >= 0.3 is 5.97 Å². The van der Waals surface area contributed by atoms with Crippen molar-refractivity contribution in [1.82, 2.24) is 0 Å². The van der Waals surface area contributed by atoms with Crippen LogP contribution in [0.3, 0.4) is 0 Å². The van der Waals surface area contributed by atoms with E-state index in [1.165, 1.54) is 24.5 Å². The second-order valence-corrected chi connectivity index (χ2v) is 6.64. The number of hydrogen-bond acceptors (Lipinski definition) is 5. The Bertz CT molecular complexity index is 852. The number of rotatable bonds is 7. The molecule has 5 heteroatoms. The minimum absolute atomic E-state index is 0.0401. The van der Waals surface area contributed by atoms with Crippen molar-refractivity contribution in [1.29, 1.82) is 0 Å². The van der Waals surface area contributed by atoms with Gasteiger partial charge in [0.25, 0.3) is 0 Å². The molecular weight excluding hydrogens is 344 g/mol. The van der Waals surface area contributed by atoms with Crippen molar-refractivity contribution in [2.45, 2.75) is 32.6 Å². The van der Waals surface area contributed by atoms with Crippen LogP contribution in [0.25, 0.3) is 0 Å². The number of benzene rings is 2. The summed E-state index contributed by atoms with van der Waals surface area (Å²) in [7, 11) is 0. The molecule has 5 nitrogen and oxygen atoms in total. The highest BCUT2D eigenvalue weighted by atomic mass is 16.6. The minimum atomic E-state index is -0.614. The van der Waals surface area contributed by atoms with Crippen LogP contribution in [0.2, 0.25) is 0 Å². The monoisotopic (exact) mass is 366 g/mol. The summed E-state index contributed by atoms with van der Waals surface area (Å²) in [5.41, 5.74) is 3.67. The van der Waals surface area contributed by atoms with E-state index in [0.29, 0.717) is 16.9 Å². The van der Waals surface area contributed by atoms with E-state index >= 15 is 0 Å². The number of carbonyl (C=O) groups is 3. The van der Waals surface area contributed by atoms with Gasteiger partial charge in [-0.05, 0) is 74.1 Å². The van der Waals surface area contributed by atoms with Gasteiger partial charge in [0.2, 0.25) is 0 Å². The number of ketones is 2. The maximum Gasteiger partial charge on any atom is 0.344 e. The van der Waals surface area contributed by atoms with E-state index in [0.717, 1.165) is 19.3 Å². The quantitative estimate of drug-likeness (QED) is 0.553. The zero-order valence-electron chi connectivity index (χ0n) is 15.3. The summed E-state index contributed by atoms with van der Waals surface area (Å²) in [5.74, 6) is -0.417. The van der Waals surface area contributed by atoms with Crippen LogP contribution in [0.4, 0.5) is 0 Å². The molecule has 0 heterocycles. The first kappa shape index (κ1) is 18.8. The normalized spacial score (nSPS) is 12.8. The van der Waals surface area contributed by atoms with Crippen LogP contribution in [0.1, 0.15) is 51.6 Å². The second kappa shape index (κ2) is 8.62. The number of ether oxygens (including phenoxy) is 2. The predicted octanol–water partition coefficient (Wildman–Crippen LogP) is 3.57. The summed E-state index contributed by atoms with van der Waals surface area (Å²) in [6, 6.07) is 12.2. The van der Waals surface area contributed by atoms with E-state index in [9.17, 15) is 14.4 Å². The van der Waals surface area contributed by atoms with Crippen LogP contribution in [-0.2, 0) is 22.4 Å². The number of fused-ring (bicyclic) bond motifs is 1. The van der Waals surface area contributed by atoms with E-state index in [2.05, 4.69) is 0 Å². The van der Waals surface area contributed by atoms with Gasteiger partial charge in [-0.15, -0.1) is 0 Å². The first-order valence-corrected chi connectivity index (χ1v) is 9.07. The van der Waals surface area contributed by atoms with Crippen molar-refractivity contribution in [3.8, 4) is 5.75 Å². The van der Waals surface area contributed by atoms with E-state index in [4.69, 9.17) is 9.47 Å². The largest absolute Gasteiger partial charge is 0.482 e. The first-order chi connectivity index (χ1) is 13.0. The summed E-state index contributed by atoms with van der Waals surface area (Å²) >= 11 is 0. The molecule has 0 atom stereocenters. The number of hydrogen-bond donors (Lipinski definition) is 0. The summed E-state index contributed by atoms with van der Waals surface area (Å²) < 4.78 is 10.3. The smallest absolute Gasteiger partial charge is 0.344 e. The number of aryl methyl sites for hydroxylation is 2. The topological polar surface area (TPSA) is 69.7 Å². The van der Waals surface area contributed by atoms with E-state index < -0.39 is 5.97 Å². The summed E-state index contributed by atoms with van der Waals surface area (Å²) in [5, 5.41) is 0. The van der Waals surface area contributed by atoms with Crippen LogP contribution in [0.15, 0.2) is 42.5 Å². The molecule has 0 N–H and O–H groups in total. The van der Waals surface area contributed by atoms with E-state index in [1.54, 1.807) is 30.3 Å². The molecule has 0 bridgehead atoms. The second-order valence-electron chi connectivity index (χ2n) is 6.64. The number of esters is 1. The Hall–Kier alpha value is -2.95. The zero-order chi connectivity index (χ0) is 19.2. The fraction of sp³-hybridized carbons (Fsp3) is 0.318. The maximum atomic E-state index is 12.3. The third kappa shape index (κ3) is 5.03. The summed E-state index contributed by atoms with van der Waals surface area (Å²) in [4.78, 5) is 35.3. The van der Waals surface area contributed by atoms with Crippen LogP contribution in [0, 0.1) is 0 Å². The van der Waals surface area contributed by atoms with Crippen molar-refractivity contribution in [3.05, 3.63) is 64.7 Å². The fourth-order valence-electron chi connectivity index (χ4n) is 3.11. The van der Waals surface area contributed by atoms with E-state index in [-0.39, 0.29) is 24.8 Å². The maximum absolute atomic E-state index is 12.3. The third-order valence-corrected chi connectivity index (χ3v) is 4.65. The van der Waals surface area contributed by atoms with Crippen molar-refractivity contribution in [3.63, 3.8) is 0 Å². The highest BCUT2D eigenvalue weighted by molar-refractivity contribution is 5.98. The van der Waals surface area contributed by atoms with Crippen LogP contribution in [0.5, 0.6) is 5.75 Å². The van der Waals surface area contributed by atoms with Gasteiger partial charge in [0, 0.05) is 11.1 Å². The van der Waals surface area contributed by atoms with Crippen molar-refractivity contribution in [2.75, 3.05) is 13.2 Å². The Kier molecular flexibility index (Phi) is 6.01. The molecule has 2 aromatic rings. The summed E-state index contributed by atoms with van der Waals surface area (Å²) in [6.07, 6.45) is 4.38. The van der Waals surface area contributed by atoms with Gasteiger partial charge in [-0.3, -0.25) is 9.59 Å². The van der Waals surface area contributed by atoms with Crippen LogP contribution in [-0.4, -0.2) is 30.7 Å². The first-order valence-electron chi connectivity index (χ1n) is 9.07.